The zero-order chi connectivity index (χ0) is 18.6. The molecule has 0 aliphatic rings. The molecule has 0 radical (unpaired) electrons. The normalized spacial score (nSPS) is 11.4. The summed E-state index contributed by atoms with van der Waals surface area (Å²) in [4.78, 5) is 16.8. The summed E-state index contributed by atoms with van der Waals surface area (Å²) in [5.74, 6) is 0.283. The molecule has 0 unspecified atom stereocenters. The molecule has 0 spiro atoms. The fourth-order valence-electron chi connectivity index (χ4n) is 3.48. The van der Waals surface area contributed by atoms with Gasteiger partial charge in [0, 0.05) is 24.2 Å². The largest absolute Gasteiger partial charge is 0.496 e. The van der Waals surface area contributed by atoms with Gasteiger partial charge in [-0.25, -0.2) is 4.98 Å². The van der Waals surface area contributed by atoms with Crippen molar-refractivity contribution in [3.05, 3.63) is 47.3 Å². The summed E-state index contributed by atoms with van der Waals surface area (Å²) in [6.45, 7) is 4.00. The molecule has 4 aromatic rings. The Bertz CT molecular complexity index is 1190. The van der Waals surface area contributed by atoms with Crippen LogP contribution in [0, 0.1) is 13.8 Å². The van der Waals surface area contributed by atoms with E-state index in [1.807, 2.05) is 43.7 Å². The molecular weight excluding hydrogens is 330 g/mol. The standard InChI is InChI=1S/C19H19N5O2/c1-10-5-6-16(26-4)11(2)17(10)24-9-13(18(20)25)12-7-15-14(22-19(12)24)8-21-23(15)3/h5-9H,1-4H3,(H2,20,25). The van der Waals surface area contributed by atoms with Crippen molar-refractivity contribution in [3.63, 3.8) is 0 Å². The van der Waals surface area contributed by atoms with Gasteiger partial charge >= 0.3 is 0 Å². The Morgan fingerprint density at radius 3 is 2.73 bits per heavy atom. The van der Waals surface area contributed by atoms with Gasteiger partial charge in [-0.05, 0) is 31.5 Å². The number of ether oxygens (including phenoxy) is 1. The maximum atomic E-state index is 12.0. The average molecular weight is 349 g/mol. The number of amides is 1. The van der Waals surface area contributed by atoms with E-state index in [-0.39, 0.29) is 0 Å². The minimum Gasteiger partial charge on any atom is -0.496 e. The molecule has 1 amide bonds. The maximum Gasteiger partial charge on any atom is 0.250 e. The highest BCUT2D eigenvalue weighted by molar-refractivity contribution is 6.08. The molecule has 0 atom stereocenters. The zero-order valence-corrected chi connectivity index (χ0v) is 15.1. The summed E-state index contributed by atoms with van der Waals surface area (Å²) in [5, 5.41) is 4.95. The number of hydrogen-bond acceptors (Lipinski definition) is 4. The summed E-state index contributed by atoms with van der Waals surface area (Å²) in [6, 6.07) is 5.83. The second kappa shape index (κ2) is 5.59. The number of carbonyl (C=O) groups excluding carboxylic acids is 1. The third-order valence-electron chi connectivity index (χ3n) is 4.80. The van der Waals surface area contributed by atoms with Gasteiger partial charge in [-0.2, -0.15) is 5.10 Å². The van der Waals surface area contributed by atoms with Gasteiger partial charge in [0.15, 0.2) is 0 Å². The Morgan fingerprint density at radius 1 is 1.27 bits per heavy atom. The highest BCUT2D eigenvalue weighted by Crippen LogP contribution is 2.32. The smallest absolute Gasteiger partial charge is 0.250 e. The van der Waals surface area contributed by atoms with Gasteiger partial charge in [0.1, 0.15) is 16.9 Å². The van der Waals surface area contributed by atoms with E-state index in [0.29, 0.717) is 16.6 Å². The number of aromatic nitrogens is 4. The van der Waals surface area contributed by atoms with Crippen molar-refractivity contribution < 1.29 is 9.53 Å². The molecule has 0 aliphatic heterocycles. The summed E-state index contributed by atoms with van der Waals surface area (Å²) in [6.07, 6.45) is 3.46. The van der Waals surface area contributed by atoms with Gasteiger partial charge in [0.25, 0.3) is 5.91 Å². The number of fused-ring (bicyclic) bond motifs is 2. The molecule has 7 nitrogen and oxygen atoms in total. The second-order valence-electron chi connectivity index (χ2n) is 6.37. The van der Waals surface area contributed by atoms with E-state index < -0.39 is 5.91 Å². The van der Waals surface area contributed by atoms with Gasteiger partial charge in [-0.15, -0.1) is 0 Å². The number of hydrogen-bond donors (Lipinski definition) is 1. The molecule has 0 saturated carbocycles. The van der Waals surface area contributed by atoms with Crippen molar-refractivity contribution in [3.8, 4) is 11.4 Å². The van der Waals surface area contributed by atoms with Crippen LogP contribution in [0.4, 0.5) is 0 Å². The van der Waals surface area contributed by atoms with Gasteiger partial charge in [0.05, 0.1) is 30.1 Å². The first-order chi connectivity index (χ1) is 12.4. The van der Waals surface area contributed by atoms with Crippen molar-refractivity contribution >= 4 is 28.0 Å². The molecule has 132 valence electrons. The molecule has 1 aromatic carbocycles. The first-order valence-corrected chi connectivity index (χ1v) is 8.20. The lowest BCUT2D eigenvalue weighted by atomic mass is 10.1. The number of carbonyl (C=O) groups is 1. The lowest BCUT2D eigenvalue weighted by Gasteiger charge is -2.15. The summed E-state index contributed by atoms with van der Waals surface area (Å²) in [7, 11) is 3.48. The first-order valence-electron chi connectivity index (χ1n) is 8.20. The molecule has 0 aliphatic carbocycles. The van der Waals surface area contributed by atoms with Crippen molar-refractivity contribution in [2.24, 2.45) is 12.8 Å². The number of methoxy groups -OCH3 is 1. The lowest BCUT2D eigenvalue weighted by molar-refractivity contribution is 0.100. The number of rotatable bonds is 3. The molecule has 0 bridgehead atoms. The van der Waals surface area contributed by atoms with Crippen LogP contribution in [0.5, 0.6) is 5.75 Å². The SMILES string of the molecule is COc1ccc(C)c(-n2cc(C(N)=O)c3cc4c(cnn4C)nc32)c1C. The van der Waals surface area contributed by atoms with Crippen LogP contribution in [0.3, 0.4) is 0 Å². The van der Waals surface area contributed by atoms with Gasteiger partial charge in [-0.3, -0.25) is 14.0 Å². The Labute approximate surface area is 150 Å². The predicted molar refractivity (Wildman–Crippen MR) is 99.9 cm³/mol. The number of primary amides is 1. The Hall–Kier alpha value is -3.35. The van der Waals surface area contributed by atoms with E-state index in [9.17, 15) is 4.79 Å². The fraction of sp³-hybridized carbons (Fsp3) is 0.211. The van der Waals surface area contributed by atoms with Crippen LogP contribution >= 0.6 is 0 Å². The minimum atomic E-state index is -0.490. The maximum absolute atomic E-state index is 12.0. The Balaban J connectivity index is 2.14. The Kier molecular flexibility index (Phi) is 3.47. The van der Waals surface area contributed by atoms with E-state index in [1.165, 1.54) is 0 Å². The second-order valence-corrected chi connectivity index (χ2v) is 6.37. The number of pyridine rings is 1. The van der Waals surface area contributed by atoms with E-state index >= 15 is 0 Å². The molecule has 0 fully saturated rings. The van der Waals surface area contributed by atoms with Crippen molar-refractivity contribution in [2.45, 2.75) is 13.8 Å². The van der Waals surface area contributed by atoms with E-state index in [4.69, 9.17) is 15.5 Å². The summed E-state index contributed by atoms with van der Waals surface area (Å²) in [5.41, 5.74) is 11.3. The number of benzene rings is 1. The van der Waals surface area contributed by atoms with E-state index in [0.717, 1.165) is 33.6 Å². The van der Waals surface area contributed by atoms with Crippen LogP contribution in [-0.4, -0.2) is 32.3 Å². The van der Waals surface area contributed by atoms with Crippen molar-refractivity contribution in [2.75, 3.05) is 7.11 Å². The van der Waals surface area contributed by atoms with Crippen LogP contribution in [-0.2, 0) is 7.05 Å². The van der Waals surface area contributed by atoms with Crippen LogP contribution in [0.25, 0.3) is 27.8 Å². The molecular formula is C19H19N5O2. The van der Waals surface area contributed by atoms with Gasteiger partial charge in [-0.1, -0.05) is 6.07 Å². The summed E-state index contributed by atoms with van der Waals surface area (Å²) >= 11 is 0. The molecule has 3 heterocycles. The van der Waals surface area contributed by atoms with Crippen LogP contribution in [0.15, 0.2) is 30.6 Å². The molecule has 26 heavy (non-hydrogen) atoms. The highest BCUT2D eigenvalue weighted by Gasteiger charge is 2.20. The number of aryl methyl sites for hydroxylation is 2. The molecule has 4 rings (SSSR count). The van der Waals surface area contributed by atoms with Gasteiger partial charge < -0.3 is 10.5 Å². The quantitative estimate of drug-likeness (QED) is 0.616. The zero-order valence-electron chi connectivity index (χ0n) is 15.1. The van der Waals surface area contributed by atoms with Crippen molar-refractivity contribution in [1.82, 2.24) is 19.3 Å². The van der Waals surface area contributed by atoms with E-state index in [2.05, 4.69) is 5.10 Å². The Morgan fingerprint density at radius 2 is 2.04 bits per heavy atom. The first kappa shape index (κ1) is 16.1. The number of nitrogens with two attached hydrogens (primary N) is 1. The van der Waals surface area contributed by atoms with Crippen LogP contribution in [0.1, 0.15) is 21.5 Å². The highest BCUT2D eigenvalue weighted by atomic mass is 16.5. The molecule has 2 N–H and O–H groups in total. The average Bonchev–Trinajstić information content (AvgIpc) is 3.15. The van der Waals surface area contributed by atoms with Crippen LogP contribution < -0.4 is 10.5 Å². The van der Waals surface area contributed by atoms with Gasteiger partial charge in [0.2, 0.25) is 0 Å². The molecule has 7 heteroatoms. The predicted octanol–water partition coefficient (Wildman–Crippen LogP) is 2.64. The fourth-order valence-corrected chi connectivity index (χ4v) is 3.48. The monoisotopic (exact) mass is 349 g/mol. The third-order valence-corrected chi connectivity index (χ3v) is 4.80. The third kappa shape index (κ3) is 2.17. The lowest BCUT2D eigenvalue weighted by Crippen LogP contribution is -2.10. The topological polar surface area (TPSA) is 88.0 Å². The van der Waals surface area contributed by atoms with E-state index in [1.54, 1.807) is 24.2 Å². The molecule has 0 saturated heterocycles. The number of nitrogens with zero attached hydrogens (tertiary/aromatic N) is 4. The van der Waals surface area contributed by atoms with Crippen molar-refractivity contribution in [1.29, 1.82) is 0 Å². The summed E-state index contributed by atoms with van der Waals surface area (Å²) < 4.78 is 9.10. The molecule has 3 aromatic heterocycles. The minimum absolute atomic E-state index is 0.428. The van der Waals surface area contributed by atoms with Crippen LogP contribution in [0.2, 0.25) is 0 Å².